The second-order valence-corrected chi connectivity index (χ2v) is 5.64. The van der Waals surface area contributed by atoms with Crippen LogP contribution in [0.4, 0.5) is 0 Å². The van der Waals surface area contributed by atoms with E-state index in [1.54, 1.807) is 0 Å². The van der Waals surface area contributed by atoms with Crippen molar-refractivity contribution in [3.05, 3.63) is 0 Å². The molecule has 14 heavy (non-hydrogen) atoms. The molecule has 0 spiro atoms. The first-order valence-corrected chi connectivity index (χ1v) is 6.25. The molecule has 0 aromatic rings. The average molecular weight is 221 g/mol. The van der Waals surface area contributed by atoms with Crippen LogP contribution >= 0.6 is 0 Å². The van der Waals surface area contributed by atoms with Gasteiger partial charge in [-0.15, -0.1) is 0 Å². The molecule has 0 aromatic heterocycles. The lowest BCUT2D eigenvalue weighted by atomic mass is 10.2. The van der Waals surface area contributed by atoms with Crippen molar-refractivity contribution in [3.63, 3.8) is 0 Å². The van der Waals surface area contributed by atoms with E-state index in [1.165, 1.54) is 11.2 Å². The quantitative estimate of drug-likeness (QED) is 0.732. The second-order valence-electron chi connectivity index (χ2n) is 3.62. The minimum absolute atomic E-state index is 0.289. The van der Waals surface area contributed by atoms with E-state index in [-0.39, 0.29) is 5.75 Å². The third-order valence-corrected chi connectivity index (χ3v) is 4.41. The summed E-state index contributed by atoms with van der Waals surface area (Å²) >= 11 is 0. The Balaban J connectivity index is 2.61. The monoisotopic (exact) mass is 221 g/mol. The molecule has 1 N–H and O–H groups in total. The van der Waals surface area contributed by atoms with Crippen LogP contribution in [0.2, 0.25) is 0 Å². The molecule has 1 saturated heterocycles. The first kappa shape index (κ1) is 11.5. The molecule has 1 rings (SSSR count). The van der Waals surface area contributed by atoms with Crippen LogP contribution in [0.25, 0.3) is 0 Å². The van der Waals surface area contributed by atoms with Crippen LogP contribution in [0.3, 0.4) is 0 Å². The fourth-order valence-electron chi connectivity index (χ4n) is 1.46. The summed E-state index contributed by atoms with van der Waals surface area (Å²) in [6.45, 7) is 2.49. The topological polar surface area (TPSA) is 74.7 Å². The summed E-state index contributed by atoms with van der Waals surface area (Å²) in [7, 11) is -3.35. The van der Waals surface area contributed by atoms with E-state index in [4.69, 9.17) is 5.11 Å². The number of sulfonamides is 1. The summed E-state index contributed by atoms with van der Waals surface area (Å²) in [6, 6.07) is 0. The molecule has 0 bridgehead atoms. The lowest BCUT2D eigenvalue weighted by Crippen LogP contribution is -2.34. The highest BCUT2D eigenvalue weighted by atomic mass is 32.2. The first-order chi connectivity index (χ1) is 6.43. The van der Waals surface area contributed by atoms with Gasteiger partial charge in [0.25, 0.3) is 0 Å². The molecule has 1 aliphatic rings. The average Bonchev–Trinajstić information content (AvgIpc) is 2.54. The SMILES string of the molecule is CC(CS(=O)(=O)N1CCCC1)C(=O)O. The van der Waals surface area contributed by atoms with Crippen molar-refractivity contribution in [2.75, 3.05) is 18.8 Å². The summed E-state index contributed by atoms with van der Waals surface area (Å²) in [5.74, 6) is -2.18. The van der Waals surface area contributed by atoms with E-state index in [2.05, 4.69) is 0 Å². The maximum atomic E-state index is 11.6. The van der Waals surface area contributed by atoms with Crippen molar-refractivity contribution >= 4 is 16.0 Å². The van der Waals surface area contributed by atoms with Crippen LogP contribution < -0.4 is 0 Å². The van der Waals surface area contributed by atoms with Gasteiger partial charge in [0.1, 0.15) is 0 Å². The predicted octanol–water partition coefficient (Wildman–Crippen LogP) is 0.133. The molecule has 0 saturated carbocycles. The van der Waals surface area contributed by atoms with Crippen LogP contribution in [0.1, 0.15) is 19.8 Å². The van der Waals surface area contributed by atoms with E-state index in [0.29, 0.717) is 13.1 Å². The Morgan fingerprint density at radius 3 is 2.36 bits per heavy atom. The third-order valence-electron chi connectivity index (χ3n) is 2.34. The smallest absolute Gasteiger partial charge is 0.307 e. The van der Waals surface area contributed by atoms with Gasteiger partial charge in [0.05, 0.1) is 11.7 Å². The lowest BCUT2D eigenvalue weighted by Gasteiger charge is -2.16. The number of carbonyl (C=O) groups is 1. The summed E-state index contributed by atoms with van der Waals surface area (Å²) < 4.78 is 24.6. The van der Waals surface area contributed by atoms with Gasteiger partial charge < -0.3 is 5.11 Å². The number of hydrogen-bond donors (Lipinski definition) is 1. The highest BCUT2D eigenvalue weighted by Gasteiger charge is 2.29. The number of carboxylic acids is 1. The summed E-state index contributed by atoms with van der Waals surface area (Å²) in [5.41, 5.74) is 0. The van der Waals surface area contributed by atoms with Gasteiger partial charge in [-0.05, 0) is 12.8 Å². The molecule has 1 aliphatic heterocycles. The third kappa shape index (κ3) is 2.68. The second kappa shape index (κ2) is 4.27. The van der Waals surface area contributed by atoms with E-state index < -0.39 is 21.9 Å². The van der Waals surface area contributed by atoms with Gasteiger partial charge in [-0.3, -0.25) is 4.79 Å². The van der Waals surface area contributed by atoms with Crippen molar-refractivity contribution in [3.8, 4) is 0 Å². The van der Waals surface area contributed by atoms with Crippen LogP contribution in [0.15, 0.2) is 0 Å². The van der Waals surface area contributed by atoms with Crippen LogP contribution in [0.5, 0.6) is 0 Å². The van der Waals surface area contributed by atoms with Gasteiger partial charge in [-0.1, -0.05) is 6.92 Å². The Labute approximate surface area is 83.8 Å². The number of rotatable bonds is 4. The molecule has 0 radical (unpaired) electrons. The molecule has 0 aromatic carbocycles. The lowest BCUT2D eigenvalue weighted by molar-refractivity contribution is -0.140. The Hall–Kier alpha value is -0.620. The summed E-state index contributed by atoms with van der Waals surface area (Å²) in [6.07, 6.45) is 1.75. The van der Waals surface area contributed by atoms with Gasteiger partial charge >= 0.3 is 5.97 Å². The zero-order chi connectivity index (χ0) is 10.8. The number of aliphatic carboxylic acids is 1. The fraction of sp³-hybridized carbons (Fsp3) is 0.875. The van der Waals surface area contributed by atoms with Gasteiger partial charge in [0.2, 0.25) is 10.0 Å². The van der Waals surface area contributed by atoms with Crippen LogP contribution in [0, 0.1) is 5.92 Å². The van der Waals surface area contributed by atoms with Crippen molar-refractivity contribution in [2.24, 2.45) is 5.92 Å². The van der Waals surface area contributed by atoms with E-state index >= 15 is 0 Å². The molecule has 5 nitrogen and oxygen atoms in total. The Kier molecular flexibility index (Phi) is 3.49. The van der Waals surface area contributed by atoms with E-state index in [0.717, 1.165) is 12.8 Å². The Bertz CT molecular complexity index is 305. The minimum atomic E-state index is -3.35. The van der Waals surface area contributed by atoms with Crippen LogP contribution in [-0.2, 0) is 14.8 Å². The molecule has 1 heterocycles. The Morgan fingerprint density at radius 2 is 1.93 bits per heavy atom. The van der Waals surface area contributed by atoms with Gasteiger partial charge in [-0.25, -0.2) is 12.7 Å². The maximum absolute atomic E-state index is 11.6. The van der Waals surface area contributed by atoms with Crippen molar-refractivity contribution in [1.29, 1.82) is 0 Å². The summed E-state index contributed by atoms with van der Waals surface area (Å²) in [5, 5.41) is 8.61. The maximum Gasteiger partial charge on any atom is 0.307 e. The molecular weight excluding hydrogens is 206 g/mol. The molecule has 0 aliphatic carbocycles. The number of hydrogen-bond acceptors (Lipinski definition) is 3. The van der Waals surface area contributed by atoms with Gasteiger partial charge in [-0.2, -0.15) is 0 Å². The molecule has 0 amide bonds. The number of nitrogens with zero attached hydrogens (tertiary/aromatic N) is 1. The molecule has 6 heteroatoms. The highest BCUT2D eigenvalue weighted by molar-refractivity contribution is 7.89. The molecular formula is C8H15NO4S. The number of carboxylic acid groups (broad SMARTS) is 1. The molecule has 82 valence electrons. The van der Waals surface area contributed by atoms with Crippen molar-refractivity contribution < 1.29 is 18.3 Å². The van der Waals surface area contributed by atoms with E-state index in [9.17, 15) is 13.2 Å². The standard InChI is InChI=1S/C8H15NO4S/c1-7(8(10)11)6-14(12,13)9-4-2-3-5-9/h7H,2-6H2,1H3,(H,10,11). The minimum Gasteiger partial charge on any atom is -0.481 e. The molecule has 1 atom stereocenters. The largest absolute Gasteiger partial charge is 0.481 e. The zero-order valence-electron chi connectivity index (χ0n) is 8.14. The Morgan fingerprint density at radius 1 is 1.43 bits per heavy atom. The fourth-order valence-corrected chi connectivity index (χ4v) is 3.26. The van der Waals surface area contributed by atoms with E-state index in [1.807, 2.05) is 0 Å². The highest BCUT2D eigenvalue weighted by Crippen LogP contribution is 2.15. The first-order valence-electron chi connectivity index (χ1n) is 4.64. The predicted molar refractivity (Wildman–Crippen MR) is 51.4 cm³/mol. The summed E-state index contributed by atoms with van der Waals surface area (Å²) in [4.78, 5) is 10.5. The van der Waals surface area contributed by atoms with Gasteiger partial charge in [0.15, 0.2) is 0 Å². The zero-order valence-corrected chi connectivity index (χ0v) is 8.96. The van der Waals surface area contributed by atoms with Gasteiger partial charge in [0, 0.05) is 13.1 Å². The molecule has 1 unspecified atom stereocenters. The van der Waals surface area contributed by atoms with Crippen molar-refractivity contribution in [1.82, 2.24) is 4.31 Å². The molecule has 1 fully saturated rings. The normalized spacial score (nSPS) is 20.9. The van der Waals surface area contributed by atoms with Crippen molar-refractivity contribution in [2.45, 2.75) is 19.8 Å². The van der Waals surface area contributed by atoms with Crippen LogP contribution in [-0.4, -0.2) is 42.6 Å².